The first-order chi connectivity index (χ1) is 13.5. The molecule has 0 unspecified atom stereocenters. The van der Waals surface area contributed by atoms with Crippen LogP contribution in [0.2, 0.25) is 0 Å². The Morgan fingerprint density at radius 2 is 1.93 bits per heavy atom. The van der Waals surface area contributed by atoms with E-state index < -0.39 is 0 Å². The summed E-state index contributed by atoms with van der Waals surface area (Å²) in [4.78, 5) is 9.26. The van der Waals surface area contributed by atoms with Crippen molar-refractivity contribution in [1.82, 2.24) is 20.4 Å². The number of nitrogens with one attached hydrogen (secondary N) is 2. The van der Waals surface area contributed by atoms with Crippen LogP contribution in [0.1, 0.15) is 31.4 Å². The zero-order chi connectivity index (χ0) is 20.4. The Balaban J connectivity index is 0.00000420. The summed E-state index contributed by atoms with van der Waals surface area (Å²) in [5, 5.41) is 6.95. The van der Waals surface area contributed by atoms with Crippen LogP contribution in [0.25, 0.3) is 0 Å². The van der Waals surface area contributed by atoms with Gasteiger partial charge in [0, 0.05) is 65.6 Å². The molecule has 1 aromatic rings. The molecule has 1 aliphatic heterocycles. The largest absolute Gasteiger partial charge is 0.385 e. The van der Waals surface area contributed by atoms with Crippen molar-refractivity contribution >= 4 is 29.9 Å². The summed E-state index contributed by atoms with van der Waals surface area (Å²) in [6, 6.07) is 8.81. The van der Waals surface area contributed by atoms with Gasteiger partial charge < -0.3 is 20.3 Å². The van der Waals surface area contributed by atoms with Gasteiger partial charge in [0.05, 0.1) is 0 Å². The van der Waals surface area contributed by atoms with Gasteiger partial charge in [-0.05, 0) is 44.9 Å². The van der Waals surface area contributed by atoms with Gasteiger partial charge in [-0.25, -0.2) is 0 Å². The van der Waals surface area contributed by atoms with Crippen LogP contribution in [0.3, 0.4) is 0 Å². The van der Waals surface area contributed by atoms with E-state index in [9.17, 15) is 0 Å². The van der Waals surface area contributed by atoms with E-state index >= 15 is 0 Å². The number of aliphatic imine (C=N–C) groups is 1. The minimum Gasteiger partial charge on any atom is -0.385 e. The zero-order valence-corrected chi connectivity index (χ0v) is 21.2. The van der Waals surface area contributed by atoms with Gasteiger partial charge >= 0.3 is 0 Å². The van der Waals surface area contributed by atoms with Crippen LogP contribution in [-0.2, 0) is 17.7 Å². The molecule has 0 spiro atoms. The SMILES string of the molecule is CN=C(NCCN(C)CCCOC)NCC(C)(C)N1CCc2ccccc2C1.I. The van der Waals surface area contributed by atoms with Gasteiger partial charge in [0.2, 0.25) is 0 Å². The first kappa shape index (κ1) is 26.1. The first-order valence-electron chi connectivity index (χ1n) is 10.4. The Labute approximate surface area is 194 Å². The minimum atomic E-state index is 0. The van der Waals surface area contributed by atoms with E-state index in [1.807, 2.05) is 7.05 Å². The number of guanidine groups is 1. The molecule has 2 N–H and O–H groups in total. The number of hydrogen-bond acceptors (Lipinski definition) is 4. The normalized spacial score (nSPS) is 15.0. The molecule has 0 fully saturated rings. The predicted octanol–water partition coefficient (Wildman–Crippen LogP) is 2.57. The summed E-state index contributed by atoms with van der Waals surface area (Å²) in [5.74, 6) is 0.871. The fraction of sp³-hybridized carbons (Fsp3) is 0.682. The molecule has 0 bridgehead atoms. The van der Waals surface area contributed by atoms with E-state index in [2.05, 4.69) is 70.6 Å². The van der Waals surface area contributed by atoms with Gasteiger partial charge in [-0.1, -0.05) is 24.3 Å². The van der Waals surface area contributed by atoms with Crippen molar-refractivity contribution in [3.05, 3.63) is 35.4 Å². The predicted molar refractivity (Wildman–Crippen MR) is 133 cm³/mol. The van der Waals surface area contributed by atoms with E-state index in [0.29, 0.717) is 0 Å². The Bertz CT molecular complexity index is 623. The number of rotatable bonds is 10. The van der Waals surface area contributed by atoms with Crippen molar-refractivity contribution in [2.24, 2.45) is 4.99 Å². The minimum absolute atomic E-state index is 0. The number of nitrogens with zero attached hydrogens (tertiary/aromatic N) is 3. The molecule has 0 atom stereocenters. The summed E-state index contributed by atoms with van der Waals surface area (Å²) in [7, 11) is 5.73. The van der Waals surface area contributed by atoms with Gasteiger partial charge in [0.25, 0.3) is 0 Å². The molecule has 0 radical (unpaired) electrons. The third-order valence-corrected chi connectivity index (χ3v) is 5.57. The highest BCUT2D eigenvalue weighted by atomic mass is 127. The van der Waals surface area contributed by atoms with E-state index in [0.717, 1.165) is 64.7 Å². The highest BCUT2D eigenvalue weighted by Crippen LogP contribution is 2.24. The first-order valence-corrected chi connectivity index (χ1v) is 10.4. The second kappa shape index (κ2) is 13.4. The van der Waals surface area contributed by atoms with Crippen LogP contribution in [0.15, 0.2) is 29.3 Å². The standard InChI is InChI=1S/C22H39N5O.HI/c1-22(2,27-14-11-19-9-6-7-10-20(19)17-27)18-25-21(23-3)24-12-15-26(4)13-8-16-28-5;/h6-7,9-10H,8,11-18H2,1-5H3,(H2,23,24,25);1H. The summed E-state index contributed by atoms with van der Waals surface area (Å²) >= 11 is 0. The maximum atomic E-state index is 5.11. The second-order valence-corrected chi connectivity index (χ2v) is 8.25. The van der Waals surface area contributed by atoms with Crippen molar-refractivity contribution < 1.29 is 4.74 Å². The van der Waals surface area contributed by atoms with E-state index in [1.165, 1.54) is 11.1 Å². The Kier molecular flexibility index (Phi) is 12.1. The molecule has 0 saturated carbocycles. The molecule has 1 aromatic carbocycles. The molecule has 1 heterocycles. The molecule has 1 aliphatic rings. The summed E-state index contributed by atoms with van der Waals surface area (Å²) in [6.45, 7) is 11.3. The third-order valence-electron chi connectivity index (χ3n) is 5.57. The third kappa shape index (κ3) is 8.78. The number of ether oxygens (including phenoxy) is 1. The van der Waals surface area contributed by atoms with Crippen LogP contribution >= 0.6 is 24.0 Å². The fourth-order valence-electron chi connectivity index (χ4n) is 3.60. The lowest BCUT2D eigenvalue weighted by Crippen LogP contribution is -2.55. The quantitative estimate of drug-likeness (QED) is 0.216. The molecule has 6 nitrogen and oxygen atoms in total. The molecule has 2 rings (SSSR count). The smallest absolute Gasteiger partial charge is 0.191 e. The Morgan fingerprint density at radius 1 is 1.21 bits per heavy atom. The molecular weight excluding hydrogens is 477 g/mol. The molecule has 166 valence electrons. The molecule has 29 heavy (non-hydrogen) atoms. The van der Waals surface area contributed by atoms with Crippen molar-refractivity contribution in [1.29, 1.82) is 0 Å². The van der Waals surface area contributed by atoms with Crippen LogP contribution in [0.5, 0.6) is 0 Å². The number of halogens is 1. The number of methoxy groups -OCH3 is 1. The van der Waals surface area contributed by atoms with Crippen molar-refractivity contribution in [3.63, 3.8) is 0 Å². The topological polar surface area (TPSA) is 52.1 Å². The molecule has 0 aromatic heterocycles. The molecule has 0 aliphatic carbocycles. The second-order valence-electron chi connectivity index (χ2n) is 8.25. The van der Waals surface area contributed by atoms with Gasteiger partial charge in [0.1, 0.15) is 0 Å². The van der Waals surface area contributed by atoms with Gasteiger partial charge in [-0.3, -0.25) is 9.89 Å². The van der Waals surface area contributed by atoms with Crippen LogP contribution in [0, 0.1) is 0 Å². The highest BCUT2D eigenvalue weighted by molar-refractivity contribution is 14.0. The summed E-state index contributed by atoms with van der Waals surface area (Å²) < 4.78 is 5.11. The average molecular weight is 518 g/mol. The van der Waals surface area contributed by atoms with Gasteiger partial charge in [-0.2, -0.15) is 0 Å². The lowest BCUT2D eigenvalue weighted by atomic mass is 9.94. The number of fused-ring (bicyclic) bond motifs is 1. The summed E-state index contributed by atoms with van der Waals surface area (Å²) in [6.07, 6.45) is 2.19. The molecular formula is C22H40IN5O. The van der Waals surface area contributed by atoms with Gasteiger partial charge in [0.15, 0.2) is 5.96 Å². The van der Waals surface area contributed by atoms with E-state index in [-0.39, 0.29) is 29.5 Å². The molecule has 0 amide bonds. The van der Waals surface area contributed by atoms with E-state index in [4.69, 9.17) is 4.74 Å². The van der Waals surface area contributed by atoms with Crippen molar-refractivity contribution in [3.8, 4) is 0 Å². The van der Waals surface area contributed by atoms with E-state index in [1.54, 1.807) is 7.11 Å². The average Bonchev–Trinajstić information content (AvgIpc) is 2.70. The Hall–Kier alpha value is -0.900. The van der Waals surface area contributed by atoms with Crippen molar-refractivity contribution in [2.45, 2.75) is 38.8 Å². The number of hydrogen-bond donors (Lipinski definition) is 2. The molecule has 7 heteroatoms. The van der Waals surface area contributed by atoms with Crippen LogP contribution in [-0.4, -0.2) is 81.8 Å². The maximum Gasteiger partial charge on any atom is 0.191 e. The van der Waals surface area contributed by atoms with Crippen LogP contribution in [0.4, 0.5) is 0 Å². The fourth-order valence-corrected chi connectivity index (χ4v) is 3.60. The zero-order valence-electron chi connectivity index (χ0n) is 18.8. The lowest BCUT2D eigenvalue weighted by Gasteiger charge is -2.42. The number of likely N-dealkylation sites (N-methyl/N-ethyl adjacent to an activating group) is 1. The monoisotopic (exact) mass is 517 g/mol. The Morgan fingerprint density at radius 3 is 2.62 bits per heavy atom. The number of benzene rings is 1. The lowest BCUT2D eigenvalue weighted by molar-refractivity contribution is 0.107. The highest BCUT2D eigenvalue weighted by Gasteiger charge is 2.29. The maximum absolute atomic E-state index is 5.11. The molecule has 0 saturated heterocycles. The van der Waals surface area contributed by atoms with Crippen LogP contribution < -0.4 is 10.6 Å². The summed E-state index contributed by atoms with van der Waals surface area (Å²) in [5.41, 5.74) is 3.01. The van der Waals surface area contributed by atoms with Crippen molar-refractivity contribution in [2.75, 3.05) is 60.5 Å². The van der Waals surface area contributed by atoms with Gasteiger partial charge in [-0.15, -0.1) is 24.0 Å².